The second kappa shape index (κ2) is 17.7. The number of hydrogen-bond donors (Lipinski definition) is 4. The molecule has 0 spiro atoms. The predicted octanol–water partition coefficient (Wildman–Crippen LogP) is 2.44. The number of ketones is 1. The maximum absolute atomic E-state index is 14.2. The molecule has 14 nitrogen and oxygen atoms in total. The molecule has 3 aliphatic heterocycles. The molecular formula is C38H69NO13. The van der Waals surface area contributed by atoms with E-state index in [-0.39, 0.29) is 31.5 Å². The zero-order chi connectivity index (χ0) is 42.2. The van der Waals surface area contributed by atoms with Crippen molar-refractivity contribution in [3.8, 4) is 0 Å². The van der Waals surface area contributed by atoms with Crippen LogP contribution in [-0.4, -0.2) is 150 Å². The lowest BCUT2D eigenvalue weighted by Crippen LogP contribution is -2.61. The molecule has 304 valence electrons. The second-order valence-electron chi connectivity index (χ2n) is 16.3. The van der Waals surface area contributed by atoms with Crippen molar-refractivity contribution in [1.29, 1.82) is 0 Å². The Morgan fingerprint density at radius 3 is 2.08 bits per heavy atom. The number of aliphatic hydroxyl groups is 4. The number of likely N-dealkylation sites (N-methyl/N-ethyl adjacent to an activating group) is 1. The number of rotatable bonds is 8. The highest BCUT2D eigenvalue weighted by Crippen LogP contribution is 2.41. The van der Waals surface area contributed by atoms with Crippen LogP contribution in [0.25, 0.3) is 0 Å². The summed E-state index contributed by atoms with van der Waals surface area (Å²) in [6.45, 7) is 13.9. The Labute approximate surface area is 314 Å². The first kappa shape index (κ1) is 40.4. The third-order valence-corrected chi connectivity index (χ3v) is 12.1. The van der Waals surface area contributed by atoms with Crippen LogP contribution in [0.2, 0.25) is 0 Å². The first-order chi connectivity index (χ1) is 25.2. The lowest BCUT2D eigenvalue weighted by atomic mass is 9.74. The van der Waals surface area contributed by atoms with Crippen LogP contribution in [0.1, 0.15) is 99.0 Å². The minimum atomic E-state index is -2.53. The van der Waals surface area contributed by atoms with E-state index in [4.69, 9.17) is 37.3 Å². The van der Waals surface area contributed by atoms with Crippen LogP contribution in [0, 0.1) is 23.7 Å². The summed E-state index contributed by atoms with van der Waals surface area (Å²) in [6.07, 6.45) is -10.8. The Morgan fingerprint density at radius 1 is 0.904 bits per heavy atom. The summed E-state index contributed by atoms with van der Waals surface area (Å²) in [7, 11) is 4.31. The van der Waals surface area contributed by atoms with Crippen LogP contribution in [0.4, 0.5) is 0 Å². The highest BCUT2D eigenvalue weighted by Gasteiger charge is 2.54. The van der Waals surface area contributed by atoms with Crippen LogP contribution in [0.3, 0.4) is 0 Å². The van der Waals surface area contributed by atoms with E-state index in [9.17, 15) is 30.0 Å². The number of cyclic esters (lactones) is 1. The summed E-state index contributed by atoms with van der Waals surface area (Å²) in [6, 6.07) is -0.887. The van der Waals surface area contributed by atoms with Crippen molar-refractivity contribution < 1.29 is 67.3 Å². The molecule has 0 aromatic rings. The van der Waals surface area contributed by atoms with E-state index >= 15 is 0 Å². The molecule has 14 heteroatoms. The summed E-state index contributed by atoms with van der Waals surface area (Å²) in [4.78, 5) is 29.3. The Balaban J connectivity index is 2.24. The van der Waals surface area contributed by atoms with Gasteiger partial charge in [-0.25, -0.2) is 0 Å². The molecule has 52 heavy (non-hydrogen) atoms. The van der Waals surface area contributed by atoms with E-state index < -0.39 is 121 Å². The summed E-state index contributed by atoms with van der Waals surface area (Å²) < 4.78 is 67.6. The van der Waals surface area contributed by atoms with Crippen molar-refractivity contribution in [1.82, 2.24) is 4.90 Å². The van der Waals surface area contributed by atoms with Gasteiger partial charge in [-0.05, 0) is 74.8 Å². The Kier molecular flexibility index (Phi) is 13.7. The maximum Gasteiger partial charge on any atom is 0.311 e. The van der Waals surface area contributed by atoms with Gasteiger partial charge in [-0.2, -0.15) is 0 Å². The number of nitrogens with zero attached hydrogens (tertiary/aromatic N) is 1. The van der Waals surface area contributed by atoms with E-state index in [0.717, 1.165) is 4.90 Å². The first-order valence-corrected chi connectivity index (χ1v) is 18.7. The molecule has 0 aromatic heterocycles. The van der Waals surface area contributed by atoms with E-state index in [1.54, 1.807) is 55.4 Å². The van der Waals surface area contributed by atoms with Crippen LogP contribution in [-0.2, 0) is 42.7 Å². The van der Waals surface area contributed by atoms with Gasteiger partial charge in [0.2, 0.25) is 0 Å². The largest absolute Gasteiger partial charge is 0.459 e. The number of aliphatic hydroxyl groups excluding tert-OH is 3. The number of esters is 1. The van der Waals surface area contributed by atoms with Gasteiger partial charge in [0.15, 0.2) is 12.6 Å². The fourth-order valence-electron chi connectivity index (χ4n) is 8.46. The Bertz CT molecular complexity index is 1290. The molecule has 3 fully saturated rings. The molecule has 0 unspecified atom stereocenters. The Hall–Kier alpha value is -1.30. The van der Waals surface area contributed by atoms with Gasteiger partial charge < -0.3 is 58.5 Å². The van der Waals surface area contributed by atoms with Crippen LogP contribution in [0.15, 0.2) is 0 Å². The standard InChI is InChI=1S/C38H69NO13/c1-15-26-38(10,45)31(42)21(4)28(40)19(2)17-37(9,47-14)33(52-35-29(41)25(39(11)12)16-20(3)48-35)22(5)30(23(6)34(44)50-26)51-27-18-36(8,46-13)32(43)24(7)49-27/h19-27,29-33,35,41-43,45H,15-18H2,1-14H3/t19-,20-,21+,22+,23-,24+,25+,26-,27+,29-,30+,31-,32+,33-,35+,36-,37-,38-/m1/s1/i11+1D3. The molecular weight excluding hydrogens is 679 g/mol. The van der Waals surface area contributed by atoms with Crippen LogP contribution >= 0.6 is 0 Å². The van der Waals surface area contributed by atoms with Crippen molar-refractivity contribution in [2.45, 2.75) is 179 Å². The zero-order valence-electron chi connectivity index (χ0n) is 36.4. The molecule has 3 saturated heterocycles. The van der Waals surface area contributed by atoms with Crippen molar-refractivity contribution in [2.75, 3.05) is 28.2 Å². The number of carbonyl (C=O) groups excluding carboxylic acids is 2. The summed E-state index contributed by atoms with van der Waals surface area (Å²) in [5.74, 6) is -4.95. The second-order valence-corrected chi connectivity index (χ2v) is 16.3. The van der Waals surface area contributed by atoms with Crippen molar-refractivity contribution in [3.63, 3.8) is 0 Å². The molecule has 3 aliphatic rings. The summed E-state index contributed by atoms with van der Waals surface area (Å²) in [5.41, 5.74) is -4.47. The molecule has 3 heterocycles. The van der Waals surface area contributed by atoms with Gasteiger partial charge in [-0.1, -0.05) is 27.7 Å². The average molecular weight is 752 g/mol. The smallest absolute Gasteiger partial charge is 0.311 e. The fraction of sp³-hybridized carbons (Fsp3) is 0.947. The minimum absolute atomic E-state index is 0.0150. The quantitative estimate of drug-likeness (QED) is 0.210. The highest BCUT2D eigenvalue weighted by atomic mass is 16.7. The first-order valence-electron chi connectivity index (χ1n) is 20.2. The SMILES string of the molecule is [2H][13C]([2H])([2H])N(C)[C@H]1C[C@@H](C)O[C@@H](O[C@@H]2[C@@H](C)[C@H](O[C@H]3C[C@@](C)(OC)[C@@H](O)[C@H](C)O3)[C@@H](C)C(=O)O[C@H](CC)[C@@](C)(O)[C@H](O)[C@@H](C)C(=O)[C@H](C)C[C@@]2(C)OC)[C@@H]1O. The van der Waals surface area contributed by atoms with Crippen molar-refractivity contribution in [3.05, 3.63) is 0 Å². The van der Waals surface area contributed by atoms with Gasteiger partial charge in [-0.3, -0.25) is 9.59 Å². The fourth-order valence-corrected chi connectivity index (χ4v) is 8.46. The number of ether oxygens (including phenoxy) is 7. The minimum Gasteiger partial charge on any atom is -0.459 e. The molecule has 4 N–H and O–H groups in total. The third-order valence-electron chi connectivity index (χ3n) is 12.1. The lowest BCUT2D eigenvalue weighted by molar-refractivity contribution is -0.319. The topological polar surface area (TPSA) is 183 Å². The molecule has 18 atom stereocenters. The molecule has 0 radical (unpaired) electrons. The average Bonchev–Trinajstić information content (AvgIpc) is 3.11. The lowest BCUT2D eigenvalue weighted by Gasteiger charge is -2.50. The van der Waals surface area contributed by atoms with Gasteiger partial charge in [0.1, 0.15) is 29.7 Å². The highest BCUT2D eigenvalue weighted by molar-refractivity contribution is 5.83. The van der Waals surface area contributed by atoms with E-state index in [1.807, 2.05) is 0 Å². The van der Waals surface area contributed by atoms with Crippen molar-refractivity contribution >= 4 is 11.8 Å². The van der Waals surface area contributed by atoms with Gasteiger partial charge in [0.05, 0.1) is 47.6 Å². The zero-order valence-corrected chi connectivity index (χ0v) is 33.4. The molecule has 0 saturated carbocycles. The van der Waals surface area contributed by atoms with Gasteiger partial charge in [-0.15, -0.1) is 0 Å². The Morgan fingerprint density at radius 2 is 1.52 bits per heavy atom. The third kappa shape index (κ3) is 9.38. The van der Waals surface area contributed by atoms with Gasteiger partial charge in [0, 0.05) is 48.5 Å². The van der Waals surface area contributed by atoms with E-state index in [0.29, 0.717) is 0 Å². The molecule has 3 rings (SSSR count). The van der Waals surface area contributed by atoms with Gasteiger partial charge in [0.25, 0.3) is 0 Å². The van der Waals surface area contributed by atoms with Crippen LogP contribution < -0.4 is 0 Å². The normalized spacial score (nSPS) is 50.1. The monoisotopic (exact) mass is 751 g/mol. The molecule has 0 amide bonds. The predicted molar refractivity (Wildman–Crippen MR) is 191 cm³/mol. The van der Waals surface area contributed by atoms with Gasteiger partial charge >= 0.3 is 5.97 Å². The summed E-state index contributed by atoms with van der Waals surface area (Å²) in [5, 5.41) is 45.7. The van der Waals surface area contributed by atoms with Crippen LogP contribution in [0.5, 0.6) is 0 Å². The number of methoxy groups -OCH3 is 2. The van der Waals surface area contributed by atoms with E-state index in [2.05, 4.69) is 0 Å². The maximum atomic E-state index is 14.2. The number of carbonyl (C=O) groups is 2. The molecule has 0 aliphatic carbocycles. The number of hydrogen-bond acceptors (Lipinski definition) is 14. The number of Topliss-reactive ketones (excluding diaryl/α,β-unsaturated/α-hetero) is 1. The molecule has 0 bridgehead atoms. The summed E-state index contributed by atoms with van der Waals surface area (Å²) >= 11 is 0. The van der Waals surface area contributed by atoms with E-state index in [1.165, 1.54) is 35.1 Å². The molecule has 0 aromatic carbocycles. The van der Waals surface area contributed by atoms with Crippen molar-refractivity contribution in [2.24, 2.45) is 23.7 Å².